The molecule has 0 aliphatic carbocycles. The van der Waals surface area contributed by atoms with Gasteiger partial charge < -0.3 is 10.6 Å². The van der Waals surface area contributed by atoms with Gasteiger partial charge in [0.25, 0.3) is 5.78 Å². The highest BCUT2D eigenvalue weighted by atomic mass is 32.2. The predicted molar refractivity (Wildman–Crippen MR) is 100 cm³/mol. The van der Waals surface area contributed by atoms with Crippen molar-refractivity contribution < 1.29 is 9.59 Å². The highest BCUT2D eigenvalue weighted by Gasteiger charge is 2.12. The van der Waals surface area contributed by atoms with E-state index >= 15 is 0 Å². The van der Waals surface area contributed by atoms with Gasteiger partial charge in [0.1, 0.15) is 0 Å². The summed E-state index contributed by atoms with van der Waals surface area (Å²) in [5, 5.41) is 14.3. The SMILES string of the molecule is CC(=O)Nc1ccc(NC(=O)CSc2nnc3nc(C)cc(C)n23)cc1. The van der Waals surface area contributed by atoms with Gasteiger partial charge in [0.05, 0.1) is 5.75 Å². The summed E-state index contributed by atoms with van der Waals surface area (Å²) in [6.07, 6.45) is 0. The lowest BCUT2D eigenvalue weighted by molar-refractivity contribution is -0.114. The van der Waals surface area contributed by atoms with E-state index in [4.69, 9.17) is 0 Å². The second-order valence-electron chi connectivity index (χ2n) is 5.75. The molecule has 0 atom stereocenters. The number of carbonyl (C=O) groups excluding carboxylic acids is 2. The number of amides is 2. The maximum Gasteiger partial charge on any atom is 0.256 e. The fourth-order valence-electron chi connectivity index (χ4n) is 2.46. The van der Waals surface area contributed by atoms with Gasteiger partial charge in [-0.15, -0.1) is 10.2 Å². The first-order valence-corrected chi connectivity index (χ1v) is 8.90. The van der Waals surface area contributed by atoms with Gasteiger partial charge in [-0.05, 0) is 44.2 Å². The van der Waals surface area contributed by atoms with Gasteiger partial charge in [-0.25, -0.2) is 4.98 Å². The molecule has 0 aliphatic heterocycles. The number of hydrogen-bond acceptors (Lipinski definition) is 6. The summed E-state index contributed by atoms with van der Waals surface area (Å²) in [7, 11) is 0. The second kappa shape index (κ2) is 7.52. The van der Waals surface area contributed by atoms with Crippen LogP contribution in [0.3, 0.4) is 0 Å². The van der Waals surface area contributed by atoms with Crippen LogP contribution in [0.5, 0.6) is 0 Å². The van der Waals surface area contributed by atoms with Gasteiger partial charge in [-0.1, -0.05) is 11.8 Å². The lowest BCUT2D eigenvalue weighted by Gasteiger charge is -2.07. The van der Waals surface area contributed by atoms with Crippen molar-refractivity contribution >= 4 is 40.7 Å². The van der Waals surface area contributed by atoms with Crippen molar-refractivity contribution in [3.63, 3.8) is 0 Å². The number of nitrogens with one attached hydrogen (secondary N) is 2. The van der Waals surface area contributed by atoms with Gasteiger partial charge >= 0.3 is 0 Å². The van der Waals surface area contributed by atoms with E-state index in [1.807, 2.05) is 24.3 Å². The van der Waals surface area contributed by atoms with Gasteiger partial charge in [0.15, 0.2) is 5.16 Å². The minimum atomic E-state index is -0.156. The summed E-state index contributed by atoms with van der Waals surface area (Å²) < 4.78 is 1.83. The van der Waals surface area contributed by atoms with E-state index in [9.17, 15) is 9.59 Å². The maximum atomic E-state index is 12.2. The summed E-state index contributed by atoms with van der Waals surface area (Å²) in [5.74, 6) is 0.427. The van der Waals surface area contributed by atoms with Gasteiger partial charge in [-0.3, -0.25) is 14.0 Å². The molecular formula is C17H18N6O2S. The van der Waals surface area contributed by atoms with Gasteiger partial charge in [0.2, 0.25) is 11.8 Å². The van der Waals surface area contributed by atoms with Crippen LogP contribution in [-0.2, 0) is 9.59 Å². The summed E-state index contributed by atoms with van der Waals surface area (Å²) in [4.78, 5) is 27.5. The number of hydrogen-bond donors (Lipinski definition) is 2. The average Bonchev–Trinajstić information content (AvgIpc) is 2.97. The molecule has 0 saturated heterocycles. The standard InChI is InChI=1S/C17H18N6O2S/c1-10-8-11(2)23-16(18-10)21-22-17(23)26-9-15(25)20-14-6-4-13(5-7-14)19-12(3)24/h4-8H,9H2,1-3H3,(H,19,24)(H,20,25). The van der Waals surface area contributed by atoms with Crippen LogP contribution in [0.1, 0.15) is 18.3 Å². The fraction of sp³-hybridized carbons (Fsp3) is 0.235. The molecule has 2 amide bonds. The molecule has 3 rings (SSSR count). The first-order chi connectivity index (χ1) is 12.4. The summed E-state index contributed by atoms with van der Waals surface area (Å²) in [6, 6.07) is 8.87. The smallest absolute Gasteiger partial charge is 0.256 e. The monoisotopic (exact) mass is 370 g/mol. The van der Waals surface area contributed by atoms with E-state index in [-0.39, 0.29) is 17.6 Å². The number of aromatic nitrogens is 4. The Morgan fingerprint density at radius 3 is 2.38 bits per heavy atom. The Kier molecular flexibility index (Phi) is 5.17. The minimum absolute atomic E-state index is 0.140. The molecule has 0 bridgehead atoms. The molecule has 8 nitrogen and oxygen atoms in total. The van der Waals surface area contributed by atoms with Crippen molar-refractivity contribution in [3.05, 3.63) is 41.7 Å². The number of benzene rings is 1. The Labute approximate surface area is 154 Å². The zero-order chi connectivity index (χ0) is 18.7. The molecule has 0 aliphatic rings. The molecule has 0 saturated carbocycles. The lowest BCUT2D eigenvalue weighted by Crippen LogP contribution is -2.14. The number of thioether (sulfide) groups is 1. The Morgan fingerprint density at radius 1 is 1.08 bits per heavy atom. The van der Waals surface area contributed by atoms with Crippen LogP contribution in [0.25, 0.3) is 5.78 Å². The minimum Gasteiger partial charge on any atom is -0.326 e. The number of carbonyl (C=O) groups is 2. The second-order valence-corrected chi connectivity index (χ2v) is 6.69. The van der Waals surface area contributed by atoms with Crippen LogP contribution in [0.15, 0.2) is 35.5 Å². The van der Waals surface area contributed by atoms with Crippen molar-refractivity contribution in [2.24, 2.45) is 0 Å². The van der Waals surface area contributed by atoms with Crippen LogP contribution < -0.4 is 10.6 Å². The van der Waals surface area contributed by atoms with Crippen molar-refractivity contribution in [3.8, 4) is 0 Å². The summed E-state index contributed by atoms with van der Waals surface area (Å²) in [5.41, 5.74) is 3.18. The first-order valence-electron chi connectivity index (χ1n) is 7.92. The highest BCUT2D eigenvalue weighted by Crippen LogP contribution is 2.19. The highest BCUT2D eigenvalue weighted by molar-refractivity contribution is 7.99. The summed E-state index contributed by atoms with van der Waals surface area (Å²) in [6.45, 7) is 5.30. The van der Waals surface area contributed by atoms with E-state index < -0.39 is 0 Å². The number of anilines is 2. The Morgan fingerprint density at radius 2 is 1.73 bits per heavy atom. The van der Waals surface area contributed by atoms with Crippen molar-refractivity contribution in [2.45, 2.75) is 25.9 Å². The Balaban J connectivity index is 1.62. The Bertz CT molecular complexity index is 967. The number of rotatable bonds is 5. The molecule has 1 aromatic carbocycles. The topological polar surface area (TPSA) is 101 Å². The molecule has 2 heterocycles. The summed E-state index contributed by atoms with van der Waals surface area (Å²) >= 11 is 1.30. The molecule has 134 valence electrons. The number of nitrogens with zero attached hydrogens (tertiary/aromatic N) is 4. The molecule has 3 aromatic rings. The predicted octanol–water partition coefficient (Wildman–Crippen LogP) is 2.43. The zero-order valence-electron chi connectivity index (χ0n) is 14.6. The molecule has 26 heavy (non-hydrogen) atoms. The molecular weight excluding hydrogens is 352 g/mol. The molecule has 0 fully saturated rings. The van der Waals surface area contributed by atoms with Gasteiger partial charge in [-0.2, -0.15) is 0 Å². The third-order valence-corrected chi connectivity index (χ3v) is 4.41. The normalized spacial score (nSPS) is 10.7. The zero-order valence-corrected chi connectivity index (χ0v) is 15.4. The maximum absolute atomic E-state index is 12.2. The molecule has 0 radical (unpaired) electrons. The van der Waals surface area contributed by atoms with Crippen LogP contribution in [-0.4, -0.2) is 37.1 Å². The van der Waals surface area contributed by atoms with Crippen LogP contribution in [0.2, 0.25) is 0 Å². The molecule has 2 N–H and O–H groups in total. The largest absolute Gasteiger partial charge is 0.326 e. The van der Waals surface area contributed by atoms with Crippen LogP contribution in [0.4, 0.5) is 11.4 Å². The first kappa shape index (κ1) is 17.9. The third kappa shape index (κ3) is 4.17. The van der Waals surface area contributed by atoms with E-state index in [2.05, 4.69) is 25.8 Å². The third-order valence-electron chi connectivity index (χ3n) is 3.48. The van der Waals surface area contributed by atoms with Crippen LogP contribution in [0, 0.1) is 13.8 Å². The van der Waals surface area contributed by atoms with Crippen molar-refractivity contribution in [1.82, 2.24) is 19.6 Å². The van der Waals surface area contributed by atoms with Crippen molar-refractivity contribution in [2.75, 3.05) is 16.4 Å². The van der Waals surface area contributed by atoms with E-state index in [0.717, 1.165) is 11.4 Å². The van der Waals surface area contributed by atoms with Crippen molar-refractivity contribution in [1.29, 1.82) is 0 Å². The van der Waals surface area contributed by atoms with E-state index in [1.165, 1.54) is 18.7 Å². The quantitative estimate of drug-likeness (QED) is 0.669. The Hall–Kier alpha value is -2.94. The fourth-order valence-corrected chi connectivity index (χ4v) is 3.25. The molecule has 0 unspecified atom stereocenters. The number of aryl methyl sites for hydroxylation is 2. The van der Waals surface area contributed by atoms with Crippen LogP contribution >= 0.6 is 11.8 Å². The molecule has 9 heteroatoms. The molecule has 2 aromatic heterocycles. The average molecular weight is 370 g/mol. The van der Waals surface area contributed by atoms with E-state index in [1.54, 1.807) is 24.3 Å². The lowest BCUT2D eigenvalue weighted by atomic mass is 10.3. The number of fused-ring (bicyclic) bond motifs is 1. The van der Waals surface area contributed by atoms with Gasteiger partial charge in [0, 0.05) is 29.7 Å². The van der Waals surface area contributed by atoms with E-state index in [0.29, 0.717) is 22.3 Å². The molecule has 0 spiro atoms.